The predicted molar refractivity (Wildman–Crippen MR) is 82.9 cm³/mol. The van der Waals surface area contributed by atoms with Crippen molar-refractivity contribution in [2.45, 2.75) is 19.4 Å². The number of rotatable bonds is 5. The molecule has 112 valence electrons. The molecule has 3 fully saturated rings. The van der Waals surface area contributed by atoms with Crippen molar-refractivity contribution < 1.29 is 4.79 Å². The van der Waals surface area contributed by atoms with Crippen LogP contribution in [-0.4, -0.2) is 30.4 Å². The lowest BCUT2D eigenvalue weighted by Crippen LogP contribution is -2.31. The summed E-state index contributed by atoms with van der Waals surface area (Å²) in [6.07, 6.45) is 2.19. The summed E-state index contributed by atoms with van der Waals surface area (Å²) in [6, 6.07) is 8.15. The minimum absolute atomic E-state index is 0.290. The molecule has 1 aromatic carbocycles. The zero-order valence-corrected chi connectivity index (χ0v) is 12.9. The van der Waals surface area contributed by atoms with Crippen LogP contribution in [0, 0.1) is 23.7 Å². The Kier molecular flexibility index (Phi) is 3.43. The molecule has 1 heterocycles. The topological polar surface area (TPSA) is 32.3 Å². The lowest BCUT2D eigenvalue weighted by atomic mass is 10.2. The maximum Gasteiger partial charge on any atom is 0.223 e. The number of carbonyl (C=O) groups excluding carboxylic acids is 1. The lowest BCUT2D eigenvalue weighted by Gasteiger charge is -2.19. The summed E-state index contributed by atoms with van der Waals surface area (Å²) in [6.45, 7) is 4.28. The Morgan fingerprint density at radius 1 is 1.19 bits per heavy atom. The van der Waals surface area contributed by atoms with Gasteiger partial charge in [-0.2, -0.15) is 0 Å². The molecule has 1 aromatic rings. The van der Waals surface area contributed by atoms with Gasteiger partial charge in [0.1, 0.15) is 0 Å². The van der Waals surface area contributed by atoms with E-state index < -0.39 is 0 Å². The minimum atomic E-state index is 0.290. The van der Waals surface area contributed by atoms with Gasteiger partial charge in [-0.3, -0.25) is 9.69 Å². The van der Waals surface area contributed by atoms with E-state index in [0.717, 1.165) is 48.7 Å². The van der Waals surface area contributed by atoms with Gasteiger partial charge in [0.2, 0.25) is 5.91 Å². The average Bonchev–Trinajstić information content (AvgIpc) is 3.38. The van der Waals surface area contributed by atoms with Gasteiger partial charge in [0.25, 0.3) is 0 Å². The average molecular weight is 305 g/mol. The van der Waals surface area contributed by atoms with Crippen LogP contribution >= 0.6 is 11.6 Å². The van der Waals surface area contributed by atoms with E-state index in [1.54, 1.807) is 0 Å². The van der Waals surface area contributed by atoms with Gasteiger partial charge in [-0.05, 0) is 48.3 Å². The van der Waals surface area contributed by atoms with E-state index in [-0.39, 0.29) is 5.91 Å². The van der Waals surface area contributed by atoms with Crippen LogP contribution < -0.4 is 5.32 Å². The van der Waals surface area contributed by atoms with Crippen molar-refractivity contribution >= 4 is 17.5 Å². The van der Waals surface area contributed by atoms with Gasteiger partial charge in [-0.25, -0.2) is 0 Å². The molecule has 2 saturated carbocycles. The van der Waals surface area contributed by atoms with Crippen molar-refractivity contribution in [2.24, 2.45) is 23.7 Å². The highest BCUT2D eigenvalue weighted by Gasteiger charge is 2.55. The first kappa shape index (κ1) is 13.6. The number of hydrogen-bond acceptors (Lipinski definition) is 2. The second kappa shape index (κ2) is 5.29. The van der Waals surface area contributed by atoms with Crippen molar-refractivity contribution in [3.05, 3.63) is 34.9 Å². The Labute approximate surface area is 130 Å². The molecule has 0 spiro atoms. The van der Waals surface area contributed by atoms with Crippen LogP contribution in [0.15, 0.2) is 24.3 Å². The van der Waals surface area contributed by atoms with Crippen molar-refractivity contribution in [1.82, 2.24) is 10.2 Å². The van der Waals surface area contributed by atoms with E-state index in [1.807, 2.05) is 12.1 Å². The summed E-state index contributed by atoms with van der Waals surface area (Å²) in [5.74, 6) is 2.96. The number of halogens is 1. The molecule has 1 amide bonds. The van der Waals surface area contributed by atoms with E-state index in [4.69, 9.17) is 11.6 Å². The normalized spacial score (nSPS) is 31.0. The molecule has 1 saturated heterocycles. The number of benzene rings is 1. The van der Waals surface area contributed by atoms with Gasteiger partial charge in [0, 0.05) is 37.1 Å². The SMILES string of the molecule is O=C(NCC1C2CN(Cc3ccc(Cl)cc3)CC12)C1CC1. The van der Waals surface area contributed by atoms with Crippen molar-refractivity contribution in [3.8, 4) is 0 Å². The lowest BCUT2D eigenvalue weighted by molar-refractivity contribution is -0.122. The van der Waals surface area contributed by atoms with Gasteiger partial charge in [-0.1, -0.05) is 23.7 Å². The molecule has 2 aliphatic carbocycles. The van der Waals surface area contributed by atoms with Crippen LogP contribution in [0.2, 0.25) is 5.02 Å². The minimum Gasteiger partial charge on any atom is -0.356 e. The fourth-order valence-corrected chi connectivity index (χ4v) is 3.85. The molecular weight excluding hydrogens is 284 g/mol. The molecule has 2 atom stereocenters. The molecule has 0 radical (unpaired) electrons. The Bertz CT molecular complexity index is 528. The summed E-state index contributed by atoms with van der Waals surface area (Å²) in [4.78, 5) is 14.2. The highest BCUT2D eigenvalue weighted by molar-refractivity contribution is 6.30. The number of likely N-dealkylation sites (tertiary alicyclic amines) is 1. The number of amides is 1. The number of nitrogens with zero attached hydrogens (tertiary/aromatic N) is 1. The van der Waals surface area contributed by atoms with Gasteiger partial charge in [0.05, 0.1) is 0 Å². The highest BCUT2D eigenvalue weighted by atomic mass is 35.5. The molecule has 4 rings (SSSR count). The van der Waals surface area contributed by atoms with E-state index >= 15 is 0 Å². The second-order valence-corrected chi connectivity index (χ2v) is 7.27. The molecule has 3 nitrogen and oxygen atoms in total. The Morgan fingerprint density at radius 3 is 2.48 bits per heavy atom. The molecule has 21 heavy (non-hydrogen) atoms. The molecule has 2 unspecified atom stereocenters. The van der Waals surface area contributed by atoms with Crippen LogP contribution in [0.25, 0.3) is 0 Å². The third-order valence-corrected chi connectivity index (χ3v) is 5.48. The third kappa shape index (κ3) is 2.95. The van der Waals surface area contributed by atoms with Gasteiger partial charge in [-0.15, -0.1) is 0 Å². The maximum atomic E-state index is 11.7. The Morgan fingerprint density at radius 2 is 1.86 bits per heavy atom. The number of nitrogens with one attached hydrogen (secondary N) is 1. The third-order valence-electron chi connectivity index (χ3n) is 5.23. The molecule has 4 heteroatoms. The predicted octanol–water partition coefficient (Wildman–Crippen LogP) is 2.54. The zero-order valence-electron chi connectivity index (χ0n) is 12.1. The maximum absolute atomic E-state index is 11.7. The Balaban J connectivity index is 1.22. The number of hydrogen-bond donors (Lipinski definition) is 1. The van der Waals surface area contributed by atoms with Crippen LogP contribution in [0.1, 0.15) is 18.4 Å². The molecule has 3 aliphatic rings. The summed E-state index contributed by atoms with van der Waals surface area (Å²) in [5.41, 5.74) is 1.33. The van der Waals surface area contributed by atoms with Crippen molar-refractivity contribution in [3.63, 3.8) is 0 Å². The van der Waals surface area contributed by atoms with Gasteiger partial charge < -0.3 is 5.32 Å². The zero-order chi connectivity index (χ0) is 14.4. The molecular formula is C17H21ClN2O. The van der Waals surface area contributed by atoms with Crippen LogP contribution in [0.3, 0.4) is 0 Å². The summed E-state index contributed by atoms with van der Waals surface area (Å²) in [7, 11) is 0. The summed E-state index contributed by atoms with van der Waals surface area (Å²) in [5, 5.41) is 3.93. The summed E-state index contributed by atoms with van der Waals surface area (Å²) < 4.78 is 0. The van der Waals surface area contributed by atoms with Crippen LogP contribution in [0.4, 0.5) is 0 Å². The molecule has 0 bridgehead atoms. The van der Waals surface area contributed by atoms with Crippen LogP contribution in [0.5, 0.6) is 0 Å². The van der Waals surface area contributed by atoms with Gasteiger partial charge in [0.15, 0.2) is 0 Å². The fourth-order valence-electron chi connectivity index (χ4n) is 3.72. The first-order valence-corrected chi connectivity index (χ1v) is 8.33. The van der Waals surface area contributed by atoms with Gasteiger partial charge >= 0.3 is 0 Å². The summed E-state index contributed by atoms with van der Waals surface area (Å²) >= 11 is 5.92. The van der Waals surface area contributed by atoms with E-state index in [0.29, 0.717) is 5.92 Å². The first-order chi connectivity index (χ1) is 10.2. The standard InChI is InChI=1S/C17H21ClN2O/c18-13-5-1-11(2-6-13)8-20-9-15-14(16(15)10-20)7-19-17(21)12-3-4-12/h1-2,5-6,12,14-16H,3-4,7-10H2,(H,19,21). The fraction of sp³-hybridized carbons (Fsp3) is 0.588. The molecule has 1 N–H and O–H groups in total. The van der Waals surface area contributed by atoms with Crippen molar-refractivity contribution in [2.75, 3.05) is 19.6 Å². The number of carbonyl (C=O) groups is 1. The van der Waals surface area contributed by atoms with E-state index in [2.05, 4.69) is 22.3 Å². The second-order valence-electron chi connectivity index (χ2n) is 6.83. The molecule has 0 aromatic heterocycles. The molecule has 1 aliphatic heterocycles. The largest absolute Gasteiger partial charge is 0.356 e. The van der Waals surface area contributed by atoms with Crippen molar-refractivity contribution in [1.29, 1.82) is 0 Å². The van der Waals surface area contributed by atoms with E-state index in [1.165, 1.54) is 18.7 Å². The van der Waals surface area contributed by atoms with Crippen LogP contribution in [-0.2, 0) is 11.3 Å². The first-order valence-electron chi connectivity index (χ1n) is 7.95. The quantitative estimate of drug-likeness (QED) is 0.907. The number of fused-ring (bicyclic) bond motifs is 1. The monoisotopic (exact) mass is 304 g/mol. The van der Waals surface area contributed by atoms with E-state index in [9.17, 15) is 4.79 Å². The number of piperidine rings is 1. The smallest absolute Gasteiger partial charge is 0.223 e. The highest BCUT2D eigenvalue weighted by Crippen LogP contribution is 2.51. The Hall–Kier alpha value is -1.06.